The van der Waals surface area contributed by atoms with E-state index in [9.17, 15) is 4.79 Å². The predicted molar refractivity (Wildman–Crippen MR) is 145 cm³/mol. The average molecular weight is 472 g/mol. The third-order valence-corrected chi connectivity index (χ3v) is 8.41. The number of para-hydroxylation sites is 2. The summed E-state index contributed by atoms with van der Waals surface area (Å²) in [7, 11) is 0. The Morgan fingerprint density at radius 2 is 1.82 bits per heavy atom. The molecule has 2 heterocycles. The lowest BCUT2D eigenvalue weighted by atomic mass is 9.85. The zero-order valence-corrected chi connectivity index (χ0v) is 20.9. The minimum atomic E-state index is -0.103. The van der Waals surface area contributed by atoms with E-state index in [0.717, 1.165) is 29.1 Å². The Kier molecular flexibility index (Phi) is 6.55. The van der Waals surface area contributed by atoms with Gasteiger partial charge in [-0.2, -0.15) is 0 Å². The van der Waals surface area contributed by atoms with Crippen molar-refractivity contribution < 1.29 is 4.79 Å². The molecule has 2 aliphatic rings. The molecule has 5 heteroatoms. The molecule has 176 valence electrons. The van der Waals surface area contributed by atoms with Crippen LogP contribution < -0.4 is 5.32 Å². The number of carbonyl (C=O) groups excluding carboxylic acids is 1. The van der Waals surface area contributed by atoms with Crippen molar-refractivity contribution in [3.8, 4) is 0 Å². The lowest BCUT2D eigenvalue weighted by molar-refractivity contribution is -0.129. The minimum Gasteiger partial charge on any atom is -0.356 e. The number of carbonyl (C=O) groups is 1. The first-order valence-electron chi connectivity index (χ1n) is 12.3. The van der Waals surface area contributed by atoms with Crippen LogP contribution in [0.3, 0.4) is 0 Å². The van der Waals surface area contributed by atoms with Crippen molar-refractivity contribution in [1.82, 2.24) is 9.47 Å². The molecule has 1 saturated heterocycles. The zero-order chi connectivity index (χ0) is 23.7. The van der Waals surface area contributed by atoms with Crippen LogP contribution in [0.1, 0.15) is 43.9 Å². The van der Waals surface area contributed by atoms with Gasteiger partial charge in [-0.05, 0) is 50.0 Å². The number of allylic oxidation sites excluding steroid dienone is 1. The van der Waals surface area contributed by atoms with Gasteiger partial charge in [0.2, 0.25) is 0 Å². The van der Waals surface area contributed by atoms with E-state index in [-0.39, 0.29) is 17.4 Å². The smallest absolute Gasteiger partial charge is 0.262 e. The zero-order valence-electron chi connectivity index (χ0n) is 20.0. The molecule has 1 saturated carbocycles. The Hall–Kier alpha value is -2.92. The molecular formula is C29H33N3OS. The number of fused-ring (bicyclic) bond motifs is 1. The van der Waals surface area contributed by atoms with Gasteiger partial charge in [-0.15, -0.1) is 6.58 Å². The van der Waals surface area contributed by atoms with E-state index in [1.165, 1.54) is 35.9 Å². The van der Waals surface area contributed by atoms with Gasteiger partial charge in [0, 0.05) is 40.4 Å². The quantitative estimate of drug-likeness (QED) is 0.310. The average Bonchev–Trinajstić information content (AvgIpc) is 3.29. The molecule has 0 bridgehead atoms. The van der Waals surface area contributed by atoms with Gasteiger partial charge in [-0.25, -0.2) is 0 Å². The van der Waals surface area contributed by atoms with Crippen LogP contribution in [0, 0.1) is 12.8 Å². The molecule has 0 spiro atoms. The first-order chi connectivity index (χ1) is 16.6. The largest absolute Gasteiger partial charge is 0.356 e. The predicted octanol–water partition coefficient (Wildman–Crippen LogP) is 7.03. The Morgan fingerprint density at radius 3 is 2.59 bits per heavy atom. The summed E-state index contributed by atoms with van der Waals surface area (Å²) < 4.78 is 2.28. The van der Waals surface area contributed by atoms with Gasteiger partial charge in [0.05, 0.1) is 4.91 Å². The fourth-order valence-electron chi connectivity index (χ4n) is 5.50. The topological polar surface area (TPSA) is 37.3 Å². The number of aromatic nitrogens is 1. The summed E-state index contributed by atoms with van der Waals surface area (Å²) in [6, 6.07) is 18.9. The van der Waals surface area contributed by atoms with Crippen molar-refractivity contribution in [2.45, 2.75) is 57.6 Å². The second-order valence-electron chi connectivity index (χ2n) is 9.45. The van der Waals surface area contributed by atoms with Gasteiger partial charge in [-0.3, -0.25) is 4.79 Å². The molecule has 2 aromatic carbocycles. The van der Waals surface area contributed by atoms with Crippen LogP contribution in [0.25, 0.3) is 17.0 Å². The highest BCUT2D eigenvalue weighted by Crippen LogP contribution is 2.43. The molecule has 5 rings (SSSR count). The molecule has 3 aromatic rings. The molecule has 1 aliphatic heterocycles. The summed E-state index contributed by atoms with van der Waals surface area (Å²) in [6.07, 6.45) is 8.76. The van der Waals surface area contributed by atoms with E-state index in [2.05, 4.69) is 77.7 Å². The first kappa shape index (κ1) is 22.9. The van der Waals surface area contributed by atoms with Crippen LogP contribution in [0.15, 0.2) is 72.2 Å². The normalized spacial score (nSPS) is 24.2. The van der Waals surface area contributed by atoms with Crippen LogP contribution in [0.2, 0.25) is 0 Å². The van der Waals surface area contributed by atoms with Crippen LogP contribution in [-0.2, 0) is 11.3 Å². The number of nitrogens with zero attached hydrogens (tertiary/aromatic N) is 2. The molecule has 34 heavy (non-hydrogen) atoms. The van der Waals surface area contributed by atoms with Crippen LogP contribution >= 0.6 is 11.8 Å². The van der Waals surface area contributed by atoms with E-state index >= 15 is 0 Å². The third-order valence-electron chi connectivity index (χ3n) is 7.29. The lowest BCUT2D eigenvalue weighted by Gasteiger charge is -2.39. The molecule has 1 N–H and O–H groups in total. The summed E-state index contributed by atoms with van der Waals surface area (Å²) in [5.74, 6) is 0.658. The Morgan fingerprint density at radius 1 is 1.09 bits per heavy atom. The Labute approximate surface area is 206 Å². The van der Waals surface area contributed by atoms with E-state index in [0.29, 0.717) is 5.92 Å². The lowest BCUT2D eigenvalue weighted by Crippen LogP contribution is -2.48. The number of amides is 1. The van der Waals surface area contributed by atoms with E-state index in [1.807, 2.05) is 24.3 Å². The number of anilines is 1. The van der Waals surface area contributed by atoms with Gasteiger partial charge >= 0.3 is 0 Å². The fraction of sp³-hybridized carbons (Fsp3) is 0.345. The molecule has 2 fully saturated rings. The van der Waals surface area contributed by atoms with Crippen molar-refractivity contribution in [3.05, 3.63) is 83.4 Å². The van der Waals surface area contributed by atoms with Crippen molar-refractivity contribution >= 4 is 40.3 Å². The standard InChI is InChI=1S/C29H33N3OS/c1-4-18-31-21(3)24(23-15-9-11-17-26(23)31)19-27-28(33)32(25-16-10-8-12-20(25)2)29(34-27)30-22-13-6-5-7-14-22/h4-7,9,11,13-15,17,19-20,25,29-30H,1,8,10,12,16,18H2,2-3H3/b27-19-/t20-,25-,29?/m0/s1. The van der Waals surface area contributed by atoms with Crippen LogP contribution in [0.4, 0.5) is 5.69 Å². The SMILES string of the molecule is C=CCn1c(C)c(/C=C2\SC(Nc3ccccc3)N([C@H]3CCCC[C@@H]3C)C2=O)c2ccccc21. The minimum absolute atomic E-state index is 0.103. The van der Waals surface area contributed by atoms with Crippen LogP contribution in [0.5, 0.6) is 0 Å². The summed E-state index contributed by atoms with van der Waals surface area (Å²) in [5.41, 5.74) is 4.41. The van der Waals surface area contributed by atoms with E-state index < -0.39 is 0 Å². The molecular weight excluding hydrogens is 438 g/mol. The van der Waals surface area contributed by atoms with Gasteiger partial charge in [0.25, 0.3) is 5.91 Å². The highest BCUT2D eigenvalue weighted by atomic mass is 32.2. The Bertz CT molecular complexity index is 1230. The Balaban J connectivity index is 1.55. The summed E-state index contributed by atoms with van der Waals surface area (Å²) in [5, 5.41) is 4.82. The van der Waals surface area contributed by atoms with Gasteiger partial charge in [-0.1, -0.05) is 74.0 Å². The van der Waals surface area contributed by atoms with E-state index in [1.54, 1.807) is 11.8 Å². The van der Waals surface area contributed by atoms with Gasteiger partial charge < -0.3 is 14.8 Å². The number of benzene rings is 2. The number of nitrogens with one attached hydrogen (secondary N) is 1. The fourth-order valence-corrected chi connectivity index (χ4v) is 6.70. The highest BCUT2D eigenvalue weighted by Gasteiger charge is 2.43. The molecule has 4 nitrogen and oxygen atoms in total. The van der Waals surface area contributed by atoms with Crippen molar-refractivity contribution in [1.29, 1.82) is 0 Å². The third kappa shape index (κ3) is 4.18. The molecule has 1 amide bonds. The maximum atomic E-state index is 13.9. The molecule has 1 aliphatic carbocycles. The maximum Gasteiger partial charge on any atom is 0.262 e. The number of hydrogen-bond acceptors (Lipinski definition) is 3. The summed E-state index contributed by atoms with van der Waals surface area (Å²) in [6.45, 7) is 9.13. The van der Waals surface area contributed by atoms with Crippen LogP contribution in [-0.4, -0.2) is 26.9 Å². The van der Waals surface area contributed by atoms with Gasteiger partial charge in [0.15, 0.2) is 5.50 Å². The number of hydrogen-bond donors (Lipinski definition) is 1. The highest BCUT2D eigenvalue weighted by molar-refractivity contribution is 8.05. The summed E-state index contributed by atoms with van der Waals surface area (Å²) in [4.78, 5) is 16.9. The number of rotatable bonds is 6. The molecule has 0 radical (unpaired) electrons. The monoisotopic (exact) mass is 471 g/mol. The maximum absolute atomic E-state index is 13.9. The second-order valence-corrected chi connectivity index (χ2v) is 10.6. The number of thioether (sulfide) groups is 1. The summed E-state index contributed by atoms with van der Waals surface area (Å²) >= 11 is 1.65. The first-order valence-corrected chi connectivity index (χ1v) is 13.2. The van der Waals surface area contributed by atoms with Crippen molar-refractivity contribution in [2.24, 2.45) is 5.92 Å². The van der Waals surface area contributed by atoms with Crippen molar-refractivity contribution in [2.75, 3.05) is 5.32 Å². The second kappa shape index (κ2) is 9.75. The molecule has 1 unspecified atom stereocenters. The van der Waals surface area contributed by atoms with Crippen molar-refractivity contribution in [3.63, 3.8) is 0 Å². The molecule has 1 aromatic heterocycles. The molecule has 3 atom stereocenters. The van der Waals surface area contributed by atoms with Gasteiger partial charge in [0.1, 0.15) is 0 Å². The van der Waals surface area contributed by atoms with E-state index in [4.69, 9.17) is 0 Å².